The molecule has 1 aromatic rings. The Morgan fingerprint density at radius 2 is 2.25 bits per heavy atom. The van der Waals surface area contributed by atoms with Crippen molar-refractivity contribution in [2.45, 2.75) is 6.92 Å². The summed E-state index contributed by atoms with van der Waals surface area (Å²) in [5, 5.41) is 8.58. The van der Waals surface area contributed by atoms with Crippen LogP contribution in [0.3, 0.4) is 0 Å². The van der Waals surface area contributed by atoms with Crippen molar-refractivity contribution in [2.24, 2.45) is 0 Å². The van der Waals surface area contributed by atoms with Crippen LogP contribution in [0.15, 0.2) is 24.3 Å². The molecule has 0 aliphatic heterocycles. The number of benzene rings is 1. The topological polar surface area (TPSA) is 55.8 Å². The van der Waals surface area contributed by atoms with Gasteiger partial charge in [0.25, 0.3) is 0 Å². The van der Waals surface area contributed by atoms with Crippen LogP contribution in [0.25, 0.3) is 6.08 Å². The fourth-order valence-corrected chi connectivity index (χ4v) is 1.29. The van der Waals surface area contributed by atoms with Crippen LogP contribution in [0.5, 0.6) is 11.5 Å². The zero-order valence-electron chi connectivity index (χ0n) is 9.27. The molecule has 0 saturated carbocycles. The molecule has 16 heavy (non-hydrogen) atoms. The van der Waals surface area contributed by atoms with Crippen molar-refractivity contribution in [1.82, 2.24) is 0 Å². The largest absolute Gasteiger partial charge is 0.493 e. The van der Waals surface area contributed by atoms with Crippen molar-refractivity contribution in [3.63, 3.8) is 0 Å². The molecule has 0 amide bonds. The van der Waals surface area contributed by atoms with Gasteiger partial charge in [-0.05, 0) is 13.0 Å². The summed E-state index contributed by atoms with van der Waals surface area (Å²) in [5.74, 6) is -0.0420. The highest BCUT2D eigenvalue weighted by Gasteiger charge is 2.09. The maximum atomic E-state index is 10.5. The van der Waals surface area contributed by atoms with E-state index in [9.17, 15) is 4.79 Å². The molecule has 4 heteroatoms. The summed E-state index contributed by atoms with van der Waals surface area (Å²) in [6, 6.07) is 5.38. The second kappa shape index (κ2) is 5.80. The third-order valence-corrected chi connectivity index (χ3v) is 1.92. The Morgan fingerprint density at radius 3 is 2.81 bits per heavy atom. The third-order valence-electron chi connectivity index (χ3n) is 1.92. The molecule has 0 aliphatic rings. The Bertz CT molecular complexity index is 396. The zero-order chi connectivity index (χ0) is 12.0. The van der Waals surface area contributed by atoms with Gasteiger partial charge in [-0.1, -0.05) is 24.3 Å². The van der Waals surface area contributed by atoms with Gasteiger partial charge in [-0.15, -0.1) is 0 Å². The first-order chi connectivity index (χ1) is 7.69. The van der Waals surface area contributed by atoms with Crippen molar-refractivity contribution in [1.29, 1.82) is 0 Å². The van der Waals surface area contributed by atoms with Gasteiger partial charge in [-0.3, -0.25) is 0 Å². The average molecular weight is 222 g/mol. The summed E-state index contributed by atoms with van der Waals surface area (Å²) < 4.78 is 10.3. The highest BCUT2D eigenvalue weighted by molar-refractivity contribution is 5.69. The first-order valence-corrected chi connectivity index (χ1v) is 4.83. The average Bonchev–Trinajstić information content (AvgIpc) is 2.27. The maximum Gasteiger partial charge on any atom is 0.341 e. The van der Waals surface area contributed by atoms with Gasteiger partial charge in [-0.25, -0.2) is 4.79 Å². The van der Waals surface area contributed by atoms with Crippen LogP contribution in [0, 0.1) is 0 Å². The number of hydrogen-bond donors (Lipinski definition) is 1. The van der Waals surface area contributed by atoms with Crippen LogP contribution in [0.2, 0.25) is 0 Å². The third kappa shape index (κ3) is 3.02. The van der Waals surface area contributed by atoms with Crippen LogP contribution in [0.1, 0.15) is 12.5 Å². The van der Waals surface area contributed by atoms with E-state index < -0.39 is 5.97 Å². The zero-order valence-corrected chi connectivity index (χ0v) is 9.27. The number of aliphatic carboxylic acids is 1. The molecular weight excluding hydrogens is 208 g/mol. The molecule has 4 nitrogen and oxygen atoms in total. The Morgan fingerprint density at radius 1 is 1.50 bits per heavy atom. The SMILES string of the molecule is C/C=C/c1cccc(OC)c1OCC(=O)O. The monoisotopic (exact) mass is 222 g/mol. The predicted molar refractivity (Wildman–Crippen MR) is 60.8 cm³/mol. The number of methoxy groups -OCH3 is 1. The Hall–Kier alpha value is -1.97. The lowest BCUT2D eigenvalue weighted by molar-refractivity contribution is -0.139. The van der Waals surface area contributed by atoms with Crippen LogP contribution in [-0.2, 0) is 4.79 Å². The summed E-state index contributed by atoms with van der Waals surface area (Å²) in [6.45, 7) is 1.49. The molecule has 0 saturated heterocycles. The number of rotatable bonds is 5. The molecule has 1 aromatic carbocycles. The van der Waals surface area contributed by atoms with E-state index in [0.29, 0.717) is 11.5 Å². The molecule has 1 N–H and O–H groups in total. The quantitative estimate of drug-likeness (QED) is 0.829. The van der Waals surface area contributed by atoms with Crippen molar-refractivity contribution in [2.75, 3.05) is 13.7 Å². The second-order valence-corrected chi connectivity index (χ2v) is 3.06. The summed E-state index contributed by atoms with van der Waals surface area (Å²) in [5.41, 5.74) is 0.795. The predicted octanol–water partition coefficient (Wildman–Crippen LogP) is 2.19. The van der Waals surface area contributed by atoms with Gasteiger partial charge in [0.15, 0.2) is 18.1 Å². The number of hydrogen-bond acceptors (Lipinski definition) is 3. The van der Waals surface area contributed by atoms with Crippen LogP contribution in [0.4, 0.5) is 0 Å². The van der Waals surface area contributed by atoms with Crippen molar-refractivity contribution in [3.05, 3.63) is 29.8 Å². The Labute approximate surface area is 94.1 Å². The van der Waals surface area contributed by atoms with Crippen molar-refractivity contribution < 1.29 is 19.4 Å². The fourth-order valence-electron chi connectivity index (χ4n) is 1.29. The molecule has 0 heterocycles. The van der Waals surface area contributed by atoms with Crippen molar-refractivity contribution in [3.8, 4) is 11.5 Å². The Kier molecular flexibility index (Phi) is 4.39. The van der Waals surface area contributed by atoms with Gasteiger partial charge in [0.05, 0.1) is 7.11 Å². The van der Waals surface area contributed by atoms with E-state index in [4.69, 9.17) is 14.6 Å². The molecule has 0 radical (unpaired) electrons. The summed E-state index contributed by atoms with van der Waals surface area (Å²) in [6.07, 6.45) is 3.68. The minimum atomic E-state index is -1.02. The van der Waals surface area contributed by atoms with Crippen LogP contribution in [-0.4, -0.2) is 24.8 Å². The molecular formula is C12H14O4. The van der Waals surface area contributed by atoms with Gasteiger partial charge in [-0.2, -0.15) is 0 Å². The molecule has 1 rings (SSSR count). The van der Waals surface area contributed by atoms with E-state index in [1.165, 1.54) is 7.11 Å². The highest BCUT2D eigenvalue weighted by atomic mass is 16.5. The van der Waals surface area contributed by atoms with E-state index >= 15 is 0 Å². The Balaban J connectivity index is 3.03. The number of carbonyl (C=O) groups is 1. The summed E-state index contributed by atoms with van der Waals surface area (Å²) in [4.78, 5) is 10.5. The van der Waals surface area contributed by atoms with Crippen molar-refractivity contribution >= 4 is 12.0 Å². The molecule has 0 aliphatic carbocycles. The molecule has 0 bridgehead atoms. The number of para-hydroxylation sites is 1. The first-order valence-electron chi connectivity index (χ1n) is 4.83. The maximum absolute atomic E-state index is 10.5. The fraction of sp³-hybridized carbons (Fsp3) is 0.250. The molecule has 0 fully saturated rings. The number of ether oxygens (including phenoxy) is 2. The number of allylic oxidation sites excluding steroid dienone is 1. The highest BCUT2D eigenvalue weighted by Crippen LogP contribution is 2.31. The smallest absolute Gasteiger partial charge is 0.341 e. The molecule has 0 aromatic heterocycles. The second-order valence-electron chi connectivity index (χ2n) is 3.06. The lowest BCUT2D eigenvalue weighted by atomic mass is 10.1. The standard InChI is InChI=1S/C12H14O4/c1-3-5-9-6-4-7-10(15-2)12(9)16-8-11(13)14/h3-7H,8H2,1-2H3,(H,13,14)/b5-3+. The van der Waals surface area contributed by atoms with Gasteiger partial charge in [0.1, 0.15) is 0 Å². The molecule has 0 spiro atoms. The lowest BCUT2D eigenvalue weighted by Crippen LogP contribution is -2.10. The summed E-state index contributed by atoms with van der Waals surface area (Å²) in [7, 11) is 1.52. The minimum Gasteiger partial charge on any atom is -0.493 e. The molecule has 0 atom stereocenters. The van der Waals surface area contributed by atoms with Gasteiger partial charge in [0.2, 0.25) is 0 Å². The number of carboxylic acid groups (broad SMARTS) is 1. The van der Waals surface area contributed by atoms with Gasteiger partial charge < -0.3 is 14.6 Å². The molecule has 0 unspecified atom stereocenters. The van der Waals surface area contributed by atoms with E-state index in [1.807, 2.05) is 31.2 Å². The minimum absolute atomic E-state index is 0.384. The lowest BCUT2D eigenvalue weighted by Gasteiger charge is -2.11. The van der Waals surface area contributed by atoms with Crippen LogP contribution >= 0.6 is 0 Å². The van der Waals surface area contributed by atoms with E-state index in [-0.39, 0.29) is 6.61 Å². The first kappa shape index (κ1) is 12.1. The van der Waals surface area contributed by atoms with Crippen LogP contribution < -0.4 is 9.47 Å². The van der Waals surface area contributed by atoms with Gasteiger partial charge in [0, 0.05) is 5.56 Å². The number of carboxylic acids is 1. The van der Waals surface area contributed by atoms with Gasteiger partial charge >= 0.3 is 5.97 Å². The van der Waals surface area contributed by atoms with E-state index in [1.54, 1.807) is 6.07 Å². The summed E-state index contributed by atoms with van der Waals surface area (Å²) >= 11 is 0. The molecule has 86 valence electrons. The van der Waals surface area contributed by atoms with E-state index in [0.717, 1.165) is 5.56 Å². The normalized spacial score (nSPS) is 10.4. The van der Waals surface area contributed by atoms with E-state index in [2.05, 4.69) is 0 Å².